The van der Waals surface area contributed by atoms with Crippen LogP contribution in [0, 0.1) is 12.1 Å². The van der Waals surface area contributed by atoms with E-state index in [0.717, 1.165) is 23.9 Å². The van der Waals surface area contributed by atoms with Gasteiger partial charge in [0.2, 0.25) is 6.33 Å². The van der Waals surface area contributed by atoms with Gasteiger partial charge in [0, 0.05) is 36.4 Å². The summed E-state index contributed by atoms with van der Waals surface area (Å²) in [6, 6.07) is 3.26. The van der Waals surface area contributed by atoms with Crippen molar-refractivity contribution in [2.45, 2.75) is 45.3 Å². The molecule has 1 aromatic carbocycles. The highest BCUT2D eigenvalue weighted by Gasteiger charge is 2.17. The number of aliphatic hydroxyl groups is 1. The van der Waals surface area contributed by atoms with E-state index in [1.165, 1.54) is 13.2 Å². The van der Waals surface area contributed by atoms with Gasteiger partial charge in [-0.15, -0.1) is 0 Å². The largest absolute Gasteiger partial charge is 0.496 e. The Morgan fingerprint density at radius 2 is 2.10 bits per heavy atom. The fourth-order valence-corrected chi connectivity index (χ4v) is 3.54. The molecule has 0 spiro atoms. The molecule has 2 heterocycles. The molecule has 0 aliphatic rings. The van der Waals surface area contributed by atoms with Crippen molar-refractivity contribution in [2.24, 2.45) is 0 Å². The summed E-state index contributed by atoms with van der Waals surface area (Å²) >= 11 is 0. The van der Waals surface area contributed by atoms with E-state index >= 15 is 0 Å². The number of ether oxygens (including phenoxy) is 1. The lowest BCUT2D eigenvalue weighted by atomic mass is 10.1. The van der Waals surface area contributed by atoms with Crippen LogP contribution in [0.25, 0.3) is 11.0 Å². The average molecular weight is 415 g/mol. The minimum Gasteiger partial charge on any atom is -0.496 e. The standard InChI is InChI=1S/C21H28FN6O2/c1-4-5-16(6-7-29)27-21-20-18(24-13-25-21)11-26-28(20)12-15-8-14(10-23-2)17(22)9-19(15)30-3/h8-9,11,16,23,29H,4-7,10,12H2,1-3H3,(H,24,25,27)/t16-/m0/s1. The van der Waals surface area contributed by atoms with Crippen molar-refractivity contribution < 1.29 is 14.2 Å². The van der Waals surface area contributed by atoms with Crippen molar-refractivity contribution in [3.05, 3.63) is 41.6 Å². The Hall–Kier alpha value is -2.78. The molecular formula is C21H28FN6O2. The summed E-state index contributed by atoms with van der Waals surface area (Å²) in [6.45, 7) is 2.97. The van der Waals surface area contributed by atoms with Gasteiger partial charge in [0.15, 0.2) is 5.82 Å². The number of aromatic nitrogens is 4. The molecular weight excluding hydrogens is 387 g/mol. The summed E-state index contributed by atoms with van der Waals surface area (Å²) in [5, 5.41) is 20.2. The monoisotopic (exact) mass is 415 g/mol. The van der Waals surface area contributed by atoms with E-state index in [0.29, 0.717) is 42.2 Å². The number of hydrogen-bond donors (Lipinski definition) is 3. The Balaban J connectivity index is 1.98. The van der Waals surface area contributed by atoms with Crippen molar-refractivity contribution in [1.29, 1.82) is 0 Å². The smallest absolute Gasteiger partial charge is 0.200 e. The van der Waals surface area contributed by atoms with E-state index in [-0.39, 0.29) is 18.5 Å². The molecule has 3 aromatic rings. The molecule has 9 heteroatoms. The van der Waals surface area contributed by atoms with Gasteiger partial charge in [0.25, 0.3) is 0 Å². The van der Waals surface area contributed by atoms with Crippen LogP contribution < -0.4 is 15.4 Å². The van der Waals surface area contributed by atoms with Gasteiger partial charge in [0.1, 0.15) is 22.6 Å². The molecule has 0 unspecified atom stereocenters. The van der Waals surface area contributed by atoms with E-state index in [1.807, 2.05) is 0 Å². The van der Waals surface area contributed by atoms with Crippen LogP contribution in [0.1, 0.15) is 37.3 Å². The molecule has 3 N–H and O–H groups in total. The van der Waals surface area contributed by atoms with Gasteiger partial charge >= 0.3 is 0 Å². The molecule has 0 bridgehead atoms. The topological polar surface area (TPSA) is 97.1 Å². The second-order valence-electron chi connectivity index (χ2n) is 7.14. The number of halogens is 1. The maximum absolute atomic E-state index is 14.3. The summed E-state index contributed by atoms with van der Waals surface area (Å²) in [6.07, 6.45) is 6.82. The molecule has 0 saturated carbocycles. The Bertz CT molecular complexity index is 972. The molecule has 0 fully saturated rings. The summed E-state index contributed by atoms with van der Waals surface area (Å²) in [5.74, 6) is 0.751. The average Bonchev–Trinajstić information content (AvgIpc) is 3.14. The molecule has 161 valence electrons. The zero-order valence-electron chi connectivity index (χ0n) is 17.6. The third-order valence-electron chi connectivity index (χ3n) is 4.97. The van der Waals surface area contributed by atoms with E-state index in [4.69, 9.17) is 4.74 Å². The van der Waals surface area contributed by atoms with Crippen molar-refractivity contribution in [1.82, 2.24) is 25.1 Å². The zero-order chi connectivity index (χ0) is 21.5. The first-order valence-corrected chi connectivity index (χ1v) is 10.1. The SMILES string of the molecule is CCC[C@@H](CCO)Nc1n[c]nc2cnn(Cc3cc(CNC)c(F)cc3OC)c12. The van der Waals surface area contributed by atoms with Crippen LogP contribution >= 0.6 is 0 Å². The predicted molar refractivity (Wildman–Crippen MR) is 113 cm³/mol. The van der Waals surface area contributed by atoms with Crippen LogP contribution in [0.5, 0.6) is 5.75 Å². The summed E-state index contributed by atoms with van der Waals surface area (Å²) in [5.41, 5.74) is 2.74. The lowest BCUT2D eigenvalue weighted by Gasteiger charge is -2.18. The number of hydrogen-bond acceptors (Lipinski definition) is 7. The molecule has 0 aliphatic heterocycles. The van der Waals surface area contributed by atoms with E-state index < -0.39 is 0 Å². The highest BCUT2D eigenvalue weighted by atomic mass is 19.1. The van der Waals surface area contributed by atoms with Crippen molar-refractivity contribution in [3.8, 4) is 5.75 Å². The van der Waals surface area contributed by atoms with Crippen molar-refractivity contribution in [3.63, 3.8) is 0 Å². The van der Waals surface area contributed by atoms with E-state index in [9.17, 15) is 9.50 Å². The van der Waals surface area contributed by atoms with Gasteiger partial charge in [-0.3, -0.25) is 4.68 Å². The van der Waals surface area contributed by atoms with E-state index in [1.54, 1.807) is 24.0 Å². The van der Waals surface area contributed by atoms with Crippen LogP contribution in [-0.4, -0.2) is 51.7 Å². The summed E-state index contributed by atoms with van der Waals surface area (Å²) in [7, 11) is 3.29. The molecule has 0 saturated heterocycles. The summed E-state index contributed by atoms with van der Waals surface area (Å²) < 4.78 is 21.5. The van der Waals surface area contributed by atoms with Gasteiger partial charge < -0.3 is 20.5 Å². The highest BCUT2D eigenvalue weighted by molar-refractivity contribution is 5.85. The third kappa shape index (κ3) is 4.85. The van der Waals surface area contributed by atoms with Crippen molar-refractivity contribution in [2.75, 3.05) is 26.1 Å². The number of anilines is 1. The van der Waals surface area contributed by atoms with Crippen LogP contribution in [0.15, 0.2) is 18.3 Å². The van der Waals surface area contributed by atoms with Crippen LogP contribution in [0.2, 0.25) is 0 Å². The number of nitrogens with zero attached hydrogens (tertiary/aromatic N) is 4. The maximum Gasteiger partial charge on any atom is 0.200 e. The fraction of sp³-hybridized carbons (Fsp3) is 0.476. The molecule has 2 aromatic heterocycles. The predicted octanol–water partition coefficient (Wildman–Crippen LogP) is 2.50. The first-order valence-electron chi connectivity index (χ1n) is 10.1. The molecule has 0 aliphatic carbocycles. The molecule has 0 amide bonds. The summed E-state index contributed by atoms with van der Waals surface area (Å²) in [4.78, 5) is 8.50. The molecule has 30 heavy (non-hydrogen) atoms. The number of rotatable bonds is 11. The number of nitrogens with one attached hydrogen (secondary N) is 2. The first-order chi connectivity index (χ1) is 14.6. The quantitative estimate of drug-likeness (QED) is 0.443. The lowest BCUT2D eigenvalue weighted by molar-refractivity contribution is 0.276. The van der Waals surface area contributed by atoms with Crippen molar-refractivity contribution >= 4 is 16.9 Å². The molecule has 8 nitrogen and oxygen atoms in total. The molecule has 3 rings (SSSR count). The first kappa shape index (κ1) is 21.9. The Kier molecular flexibility index (Phi) is 7.53. The third-order valence-corrected chi connectivity index (χ3v) is 4.97. The van der Waals surface area contributed by atoms with Crippen LogP contribution in [0.3, 0.4) is 0 Å². The second-order valence-corrected chi connectivity index (χ2v) is 7.14. The number of aliphatic hydroxyl groups excluding tert-OH is 1. The van der Waals surface area contributed by atoms with Crippen LogP contribution in [0.4, 0.5) is 10.2 Å². The van der Waals surface area contributed by atoms with E-state index in [2.05, 4.69) is 39.0 Å². The van der Waals surface area contributed by atoms with Gasteiger partial charge in [0.05, 0.1) is 19.9 Å². The maximum atomic E-state index is 14.3. The van der Waals surface area contributed by atoms with Gasteiger partial charge in [-0.05, 0) is 26.0 Å². The minimum absolute atomic E-state index is 0.0810. The Morgan fingerprint density at radius 1 is 1.27 bits per heavy atom. The zero-order valence-corrected chi connectivity index (χ0v) is 17.6. The number of methoxy groups -OCH3 is 1. The van der Waals surface area contributed by atoms with Crippen LogP contribution in [-0.2, 0) is 13.1 Å². The second kappa shape index (κ2) is 10.3. The minimum atomic E-state index is -0.318. The number of fused-ring (bicyclic) bond motifs is 1. The Labute approximate surface area is 175 Å². The highest BCUT2D eigenvalue weighted by Crippen LogP contribution is 2.27. The number of benzene rings is 1. The molecule has 1 radical (unpaired) electrons. The van der Waals surface area contributed by atoms with Gasteiger partial charge in [-0.25, -0.2) is 14.4 Å². The Morgan fingerprint density at radius 3 is 2.80 bits per heavy atom. The molecule has 1 atom stereocenters. The fourth-order valence-electron chi connectivity index (χ4n) is 3.54. The lowest BCUT2D eigenvalue weighted by Crippen LogP contribution is -2.22. The normalized spacial score (nSPS) is 12.3. The van der Waals surface area contributed by atoms with Gasteiger partial charge in [-0.1, -0.05) is 13.3 Å². The van der Waals surface area contributed by atoms with Gasteiger partial charge in [-0.2, -0.15) is 5.10 Å².